The average Bonchev–Trinajstić information content (AvgIpc) is 2.80. The normalized spacial score (nSPS) is 14.2. The van der Waals surface area contributed by atoms with E-state index in [1.54, 1.807) is 11.0 Å². The molecule has 172 valence electrons. The minimum atomic E-state index is -4.76. The van der Waals surface area contributed by atoms with Crippen LogP contribution >= 0.6 is 11.6 Å². The summed E-state index contributed by atoms with van der Waals surface area (Å²) in [5.41, 5.74) is 1.85. The number of amides is 2. The van der Waals surface area contributed by atoms with Crippen LogP contribution < -0.4 is 15.0 Å². The molecule has 2 amide bonds. The number of benzene rings is 2. The maximum atomic E-state index is 12.5. The molecule has 2 aromatic carbocycles. The van der Waals surface area contributed by atoms with Crippen molar-refractivity contribution in [2.75, 3.05) is 36.4 Å². The Morgan fingerprint density at radius 3 is 2.24 bits per heavy atom. The second kappa shape index (κ2) is 9.53. The monoisotopic (exact) mass is 477 g/mol. The minimum Gasteiger partial charge on any atom is -0.406 e. The highest BCUT2D eigenvalue weighted by atomic mass is 35.5. The van der Waals surface area contributed by atoms with E-state index in [0.717, 1.165) is 17.7 Å². The van der Waals surface area contributed by atoms with Crippen LogP contribution in [0.2, 0.25) is 5.02 Å². The first-order chi connectivity index (χ1) is 15.8. The summed E-state index contributed by atoms with van der Waals surface area (Å²) in [5, 5.41) is 11.8. The van der Waals surface area contributed by atoms with Gasteiger partial charge in [-0.05, 0) is 42.5 Å². The highest BCUT2D eigenvalue weighted by Gasteiger charge is 2.31. The molecule has 1 N–H and O–H groups in total. The van der Waals surface area contributed by atoms with Crippen molar-refractivity contribution in [1.29, 1.82) is 0 Å². The van der Waals surface area contributed by atoms with E-state index in [0.29, 0.717) is 48.4 Å². The number of alkyl halides is 3. The number of nitrogens with zero attached hydrogens (tertiary/aromatic N) is 4. The van der Waals surface area contributed by atoms with Crippen LogP contribution in [0.5, 0.6) is 5.75 Å². The minimum absolute atomic E-state index is 0.334. The summed E-state index contributed by atoms with van der Waals surface area (Å²) in [6.07, 6.45) is -4.76. The van der Waals surface area contributed by atoms with Crippen LogP contribution in [0.25, 0.3) is 11.3 Å². The topological polar surface area (TPSA) is 70.6 Å². The molecule has 11 heteroatoms. The van der Waals surface area contributed by atoms with Crippen LogP contribution in [0.4, 0.5) is 29.5 Å². The van der Waals surface area contributed by atoms with E-state index in [2.05, 4.69) is 20.3 Å². The van der Waals surface area contributed by atoms with Crippen molar-refractivity contribution in [3.8, 4) is 17.0 Å². The average molecular weight is 478 g/mol. The zero-order chi connectivity index (χ0) is 23.4. The summed E-state index contributed by atoms with van der Waals surface area (Å²) >= 11 is 6.21. The van der Waals surface area contributed by atoms with Gasteiger partial charge in [0.1, 0.15) is 5.75 Å². The molecule has 0 spiro atoms. The lowest BCUT2D eigenvalue weighted by molar-refractivity contribution is -0.274. The van der Waals surface area contributed by atoms with Gasteiger partial charge in [-0.2, -0.15) is 0 Å². The second-order valence-electron chi connectivity index (χ2n) is 7.23. The molecule has 0 radical (unpaired) electrons. The summed E-state index contributed by atoms with van der Waals surface area (Å²) in [6.45, 7) is 2.03. The smallest absolute Gasteiger partial charge is 0.406 e. The van der Waals surface area contributed by atoms with Crippen LogP contribution in [-0.2, 0) is 0 Å². The molecule has 0 saturated carbocycles. The molecule has 1 saturated heterocycles. The van der Waals surface area contributed by atoms with Gasteiger partial charge in [0, 0.05) is 37.4 Å². The number of carbonyl (C=O) groups is 1. The van der Waals surface area contributed by atoms with E-state index in [1.807, 2.05) is 35.2 Å². The molecule has 0 unspecified atom stereocenters. The Labute approximate surface area is 192 Å². The van der Waals surface area contributed by atoms with E-state index in [-0.39, 0.29) is 11.8 Å². The van der Waals surface area contributed by atoms with E-state index < -0.39 is 6.36 Å². The Morgan fingerprint density at radius 2 is 1.64 bits per heavy atom. The van der Waals surface area contributed by atoms with Crippen LogP contribution in [0.15, 0.2) is 60.7 Å². The number of aromatic nitrogens is 2. The highest BCUT2D eigenvalue weighted by Crippen LogP contribution is 2.27. The SMILES string of the molecule is O=C(Nc1ccc(OC(F)(F)F)cc1)N1CCN(c2ccc(-c3ccccc3Cl)nn2)CC1. The number of halogens is 4. The van der Waals surface area contributed by atoms with Crippen molar-refractivity contribution >= 4 is 29.1 Å². The molecular formula is C22H19ClF3N5O2. The summed E-state index contributed by atoms with van der Waals surface area (Å²) in [5.74, 6) is 0.349. The first kappa shape index (κ1) is 22.7. The Morgan fingerprint density at radius 1 is 0.939 bits per heavy atom. The van der Waals surface area contributed by atoms with Crippen molar-refractivity contribution in [3.05, 3.63) is 65.7 Å². The molecule has 7 nitrogen and oxygen atoms in total. The molecule has 1 aliphatic heterocycles. The van der Waals surface area contributed by atoms with Crippen LogP contribution in [0, 0.1) is 0 Å². The third-order valence-corrected chi connectivity index (χ3v) is 5.36. The van der Waals surface area contributed by atoms with Crippen LogP contribution in [-0.4, -0.2) is 53.7 Å². The molecule has 0 bridgehead atoms. The van der Waals surface area contributed by atoms with E-state index >= 15 is 0 Å². The molecule has 3 aromatic rings. The zero-order valence-electron chi connectivity index (χ0n) is 17.2. The number of hydrogen-bond donors (Lipinski definition) is 1. The lowest BCUT2D eigenvalue weighted by Crippen LogP contribution is -2.50. The van der Waals surface area contributed by atoms with E-state index in [1.165, 1.54) is 12.1 Å². The molecule has 1 aliphatic rings. The van der Waals surface area contributed by atoms with E-state index in [4.69, 9.17) is 11.6 Å². The Bertz CT molecular complexity index is 1100. The number of nitrogens with one attached hydrogen (secondary N) is 1. The van der Waals surface area contributed by atoms with Gasteiger partial charge in [0.25, 0.3) is 0 Å². The number of urea groups is 1. The largest absolute Gasteiger partial charge is 0.573 e. The lowest BCUT2D eigenvalue weighted by atomic mass is 10.1. The van der Waals surface area contributed by atoms with Crippen molar-refractivity contribution < 1.29 is 22.7 Å². The molecule has 33 heavy (non-hydrogen) atoms. The second-order valence-corrected chi connectivity index (χ2v) is 7.64. The van der Waals surface area contributed by atoms with Gasteiger partial charge in [0.05, 0.1) is 10.7 Å². The predicted octanol–water partition coefficient (Wildman–Crippen LogP) is 5.05. The third kappa shape index (κ3) is 5.83. The molecule has 4 rings (SSSR count). The lowest BCUT2D eigenvalue weighted by Gasteiger charge is -2.35. The predicted molar refractivity (Wildman–Crippen MR) is 118 cm³/mol. The molecular weight excluding hydrogens is 459 g/mol. The Balaban J connectivity index is 1.30. The Hall–Kier alpha value is -3.53. The Kier molecular flexibility index (Phi) is 6.55. The highest BCUT2D eigenvalue weighted by molar-refractivity contribution is 6.33. The van der Waals surface area contributed by atoms with Gasteiger partial charge in [0.2, 0.25) is 0 Å². The summed E-state index contributed by atoms with van der Waals surface area (Å²) in [6, 6.07) is 15.8. The van der Waals surface area contributed by atoms with Gasteiger partial charge in [-0.15, -0.1) is 23.4 Å². The molecule has 1 fully saturated rings. The van der Waals surface area contributed by atoms with Gasteiger partial charge in [-0.1, -0.05) is 29.8 Å². The van der Waals surface area contributed by atoms with Crippen molar-refractivity contribution in [2.45, 2.75) is 6.36 Å². The molecule has 0 atom stereocenters. The number of hydrogen-bond acceptors (Lipinski definition) is 5. The summed E-state index contributed by atoms with van der Waals surface area (Å²) in [7, 11) is 0. The van der Waals surface area contributed by atoms with E-state index in [9.17, 15) is 18.0 Å². The summed E-state index contributed by atoms with van der Waals surface area (Å²) < 4.78 is 40.6. The van der Waals surface area contributed by atoms with Crippen molar-refractivity contribution in [1.82, 2.24) is 15.1 Å². The zero-order valence-corrected chi connectivity index (χ0v) is 18.0. The van der Waals surface area contributed by atoms with Gasteiger partial charge in [-0.25, -0.2) is 4.79 Å². The molecule has 2 heterocycles. The van der Waals surface area contributed by atoms with Gasteiger partial charge < -0.3 is 19.9 Å². The maximum absolute atomic E-state index is 12.5. The van der Waals surface area contributed by atoms with Gasteiger partial charge >= 0.3 is 12.4 Å². The molecule has 0 aliphatic carbocycles. The third-order valence-electron chi connectivity index (χ3n) is 5.03. The first-order valence-electron chi connectivity index (χ1n) is 10.0. The fourth-order valence-electron chi connectivity index (χ4n) is 3.39. The molecule has 1 aromatic heterocycles. The van der Waals surface area contributed by atoms with Gasteiger partial charge in [0.15, 0.2) is 5.82 Å². The van der Waals surface area contributed by atoms with Crippen LogP contribution in [0.1, 0.15) is 0 Å². The standard InChI is InChI=1S/C22H19ClF3N5O2/c23-18-4-2-1-3-17(18)19-9-10-20(29-28-19)30-11-13-31(14-12-30)21(32)27-15-5-7-16(8-6-15)33-22(24,25)26/h1-10H,11-14H2,(H,27,32). The number of piperazine rings is 1. The number of ether oxygens (including phenoxy) is 1. The fourth-order valence-corrected chi connectivity index (χ4v) is 3.62. The maximum Gasteiger partial charge on any atom is 0.573 e. The summed E-state index contributed by atoms with van der Waals surface area (Å²) in [4.78, 5) is 16.2. The van der Waals surface area contributed by atoms with Crippen molar-refractivity contribution in [2.24, 2.45) is 0 Å². The van der Waals surface area contributed by atoms with Gasteiger partial charge in [-0.3, -0.25) is 0 Å². The number of rotatable bonds is 4. The number of carbonyl (C=O) groups excluding carboxylic acids is 1. The first-order valence-corrected chi connectivity index (χ1v) is 10.4. The quantitative estimate of drug-likeness (QED) is 0.569. The van der Waals surface area contributed by atoms with Crippen molar-refractivity contribution in [3.63, 3.8) is 0 Å². The fraction of sp³-hybridized carbons (Fsp3) is 0.227. The number of anilines is 2. The van der Waals surface area contributed by atoms with Crippen LogP contribution in [0.3, 0.4) is 0 Å².